The molecule has 26 heavy (non-hydrogen) atoms. The van der Waals surface area contributed by atoms with Gasteiger partial charge in [-0.2, -0.15) is 0 Å². The number of carbonyl (C=O) groups excluding carboxylic acids is 1. The van der Waals surface area contributed by atoms with Crippen molar-refractivity contribution in [3.05, 3.63) is 57.4 Å². The highest BCUT2D eigenvalue weighted by atomic mass is 79.9. The Labute approximate surface area is 164 Å². The van der Waals surface area contributed by atoms with Gasteiger partial charge in [0.05, 0.1) is 19.9 Å². The Kier molecular flexibility index (Phi) is 5.58. The van der Waals surface area contributed by atoms with Crippen molar-refractivity contribution >= 4 is 38.3 Å². The third kappa shape index (κ3) is 3.89. The first kappa shape index (κ1) is 18.4. The Morgan fingerprint density at radius 2 is 1.96 bits per heavy atom. The molecule has 0 atom stereocenters. The summed E-state index contributed by atoms with van der Waals surface area (Å²) in [5.74, 6) is 1.18. The Balaban J connectivity index is 1.89. The molecule has 3 aromatic rings. The molecule has 1 heterocycles. The summed E-state index contributed by atoms with van der Waals surface area (Å²) >= 11 is 4.80. The molecule has 0 radical (unpaired) electrons. The van der Waals surface area contributed by atoms with Crippen molar-refractivity contribution in [3.8, 4) is 22.8 Å². The number of halogens is 1. The van der Waals surface area contributed by atoms with Gasteiger partial charge in [-0.1, -0.05) is 22.0 Å². The van der Waals surface area contributed by atoms with E-state index in [1.807, 2.05) is 37.3 Å². The van der Waals surface area contributed by atoms with Crippen LogP contribution in [0.4, 0.5) is 5.13 Å². The SMILES string of the molecule is COc1ccc(-c2nc(NC(=O)c3cccc(Br)c3)sc2C)c(OC)c1. The number of benzene rings is 2. The lowest BCUT2D eigenvalue weighted by molar-refractivity contribution is 0.102. The Morgan fingerprint density at radius 1 is 1.15 bits per heavy atom. The van der Waals surface area contributed by atoms with Crippen LogP contribution in [0.15, 0.2) is 46.9 Å². The van der Waals surface area contributed by atoms with Crippen LogP contribution in [0, 0.1) is 6.92 Å². The van der Waals surface area contributed by atoms with E-state index in [0.29, 0.717) is 22.2 Å². The number of hydrogen-bond donors (Lipinski definition) is 1. The van der Waals surface area contributed by atoms with Crippen LogP contribution in [-0.4, -0.2) is 25.1 Å². The lowest BCUT2D eigenvalue weighted by atomic mass is 10.1. The quantitative estimate of drug-likeness (QED) is 0.605. The van der Waals surface area contributed by atoms with Crippen molar-refractivity contribution in [1.29, 1.82) is 0 Å². The monoisotopic (exact) mass is 432 g/mol. The molecule has 0 saturated carbocycles. The Hall–Kier alpha value is -2.38. The van der Waals surface area contributed by atoms with Crippen LogP contribution < -0.4 is 14.8 Å². The first-order chi connectivity index (χ1) is 12.5. The molecule has 7 heteroatoms. The molecule has 134 valence electrons. The highest BCUT2D eigenvalue weighted by Crippen LogP contribution is 2.37. The third-order valence-corrected chi connectivity index (χ3v) is 5.15. The number of nitrogens with one attached hydrogen (secondary N) is 1. The summed E-state index contributed by atoms with van der Waals surface area (Å²) < 4.78 is 11.5. The zero-order chi connectivity index (χ0) is 18.7. The fourth-order valence-electron chi connectivity index (χ4n) is 2.49. The average Bonchev–Trinajstić information content (AvgIpc) is 3.01. The van der Waals surface area contributed by atoms with Crippen LogP contribution in [0.25, 0.3) is 11.3 Å². The number of aryl methyl sites for hydroxylation is 1. The van der Waals surface area contributed by atoms with Gasteiger partial charge in [0.2, 0.25) is 0 Å². The molecule has 0 aliphatic rings. The van der Waals surface area contributed by atoms with Gasteiger partial charge < -0.3 is 9.47 Å². The molecule has 0 unspecified atom stereocenters. The van der Waals surface area contributed by atoms with E-state index in [2.05, 4.69) is 26.2 Å². The summed E-state index contributed by atoms with van der Waals surface area (Å²) in [5.41, 5.74) is 2.19. The fourth-order valence-corrected chi connectivity index (χ4v) is 3.72. The molecular formula is C19H17BrN2O3S. The zero-order valence-corrected chi connectivity index (χ0v) is 16.9. The van der Waals surface area contributed by atoms with Gasteiger partial charge in [-0.3, -0.25) is 10.1 Å². The van der Waals surface area contributed by atoms with Gasteiger partial charge in [-0.25, -0.2) is 4.98 Å². The lowest BCUT2D eigenvalue weighted by Crippen LogP contribution is -2.11. The zero-order valence-electron chi connectivity index (χ0n) is 14.5. The Morgan fingerprint density at radius 3 is 2.65 bits per heavy atom. The minimum atomic E-state index is -0.201. The second kappa shape index (κ2) is 7.88. The average molecular weight is 433 g/mol. The van der Waals surface area contributed by atoms with E-state index in [0.717, 1.165) is 20.6 Å². The maximum Gasteiger partial charge on any atom is 0.257 e. The molecule has 0 saturated heterocycles. The maximum atomic E-state index is 12.4. The van der Waals surface area contributed by atoms with Crippen LogP contribution >= 0.6 is 27.3 Å². The van der Waals surface area contributed by atoms with Crippen molar-refractivity contribution in [2.75, 3.05) is 19.5 Å². The van der Waals surface area contributed by atoms with Gasteiger partial charge in [-0.05, 0) is 37.3 Å². The minimum absolute atomic E-state index is 0.201. The fraction of sp³-hybridized carbons (Fsp3) is 0.158. The number of aromatic nitrogens is 1. The van der Waals surface area contributed by atoms with Gasteiger partial charge >= 0.3 is 0 Å². The van der Waals surface area contributed by atoms with Gasteiger partial charge in [0.25, 0.3) is 5.91 Å². The van der Waals surface area contributed by atoms with E-state index in [1.165, 1.54) is 11.3 Å². The standard InChI is InChI=1S/C19H17BrN2O3S/c1-11-17(15-8-7-14(24-2)10-16(15)25-3)21-19(26-11)22-18(23)12-5-4-6-13(20)9-12/h4-10H,1-3H3,(H,21,22,23). The van der Waals surface area contributed by atoms with E-state index in [-0.39, 0.29) is 5.91 Å². The van der Waals surface area contributed by atoms with Gasteiger partial charge in [0.15, 0.2) is 5.13 Å². The second-order valence-corrected chi connectivity index (χ2v) is 7.57. The van der Waals surface area contributed by atoms with Crippen LogP contribution in [0.3, 0.4) is 0 Å². The largest absolute Gasteiger partial charge is 0.497 e. The number of thiazole rings is 1. The summed E-state index contributed by atoms with van der Waals surface area (Å²) in [6.45, 7) is 1.96. The molecule has 1 amide bonds. The number of amides is 1. The first-order valence-electron chi connectivity index (χ1n) is 7.78. The second-order valence-electron chi connectivity index (χ2n) is 5.45. The molecule has 1 aromatic heterocycles. The Bertz CT molecular complexity index is 956. The summed E-state index contributed by atoms with van der Waals surface area (Å²) in [4.78, 5) is 18.0. The molecule has 0 aliphatic carbocycles. The van der Waals surface area contributed by atoms with Crippen molar-refractivity contribution in [1.82, 2.24) is 4.98 Å². The van der Waals surface area contributed by atoms with Gasteiger partial charge in [0, 0.05) is 26.5 Å². The number of ether oxygens (including phenoxy) is 2. The highest BCUT2D eigenvalue weighted by molar-refractivity contribution is 9.10. The molecule has 5 nitrogen and oxygen atoms in total. The smallest absolute Gasteiger partial charge is 0.257 e. The van der Waals surface area contributed by atoms with Gasteiger partial charge in [-0.15, -0.1) is 11.3 Å². The van der Waals surface area contributed by atoms with Gasteiger partial charge in [0.1, 0.15) is 11.5 Å². The number of carbonyl (C=O) groups is 1. The first-order valence-corrected chi connectivity index (χ1v) is 9.39. The topological polar surface area (TPSA) is 60.5 Å². The van der Waals surface area contributed by atoms with Crippen molar-refractivity contribution in [2.24, 2.45) is 0 Å². The molecule has 0 fully saturated rings. The van der Waals surface area contributed by atoms with Crippen LogP contribution in [-0.2, 0) is 0 Å². The van der Waals surface area contributed by atoms with Crippen molar-refractivity contribution < 1.29 is 14.3 Å². The number of anilines is 1. The van der Waals surface area contributed by atoms with Crippen LogP contribution in [0.1, 0.15) is 15.2 Å². The van der Waals surface area contributed by atoms with E-state index in [4.69, 9.17) is 9.47 Å². The number of nitrogens with zero attached hydrogens (tertiary/aromatic N) is 1. The van der Waals surface area contributed by atoms with Crippen LogP contribution in [0.2, 0.25) is 0 Å². The predicted octanol–water partition coefficient (Wildman–Crippen LogP) is 5.15. The van der Waals surface area contributed by atoms with Crippen molar-refractivity contribution in [2.45, 2.75) is 6.92 Å². The van der Waals surface area contributed by atoms with Crippen LogP contribution in [0.5, 0.6) is 11.5 Å². The molecular weight excluding hydrogens is 416 g/mol. The molecule has 2 aromatic carbocycles. The summed E-state index contributed by atoms with van der Waals surface area (Å²) in [7, 11) is 3.22. The summed E-state index contributed by atoms with van der Waals surface area (Å²) in [6.07, 6.45) is 0. The number of hydrogen-bond acceptors (Lipinski definition) is 5. The number of methoxy groups -OCH3 is 2. The molecule has 0 bridgehead atoms. The minimum Gasteiger partial charge on any atom is -0.497 e. The van der Waals surface area contributed by atoms with Crippen molar-refractivity contribution in [3.63, 3.8) is 0 Å². The van der Waals surface area contributed by atoms with E-state index in [9.17, 15) is 4.79 Å². The normalized spacial score (nSPS) is 10.5. The predicted molar refractivity (Wildman–Crippen MR) is 107 cm³/mol. The molecule has 3 rings (SSSR count). The van der Waals surface area contributed by atoms with E-state index >= 15 is 0 Å². The summed E-state index contributed by atoms with van der Waals surface area (Å²) in [6, 6.07) is 12.8. The molecule has 0 spiro atoms. The van der Waals surface area contributed by atoms with E-state index in [1.54, 1.807) is 26.4 Å². The summed E-state index contributed by atoms with van der Waals surface area (Å²) in [5, 5.41) is 3.40. The number of rotatable bonds is 5. The maximum absolute atomic E-state index is 12.4. The lowest BCUT2D eigenvalue weighted by Gasteiger charge is -2.09. The third-order valence-electron chi connectivity index (χ3n) is 3.77. The van der Waals surface area contributed by atoms with E-state index < -0.39 is 0 Å². The molecule has 1 N–H and O–H groups in total. The highest BCUT2D eigenvalue weighted by Gasteiger charge is 2.17. The molecule has 0 aliphatic heterocycles.